The molecule has 5 aromatic carbocycles. The molecule has 2 heterocycles. The van der Waals surface area contributed by atoms with E-state index in [1.807, 2.05) is 6.07 Å². The fourth-order valence-corrected chi connectivity index (χ4v) is 11.3. The Morgan fingerprint density at radius 1 is 0.524 bits per heavy atom. The number of rotatable bonds is 4. The van der Waals surface area contributed by atoms with Gasteiger partial charge in [0.05, 0.1) is 0 Å². The van der Waals surface area contributed by atoms with Gasteiger partial charge in [0.2, 0.25) is 0 Å². The van der Waals surface area contributed by atoms with Crippen LogP contribution in [-0.4, -0.2) is 0 Å². The van der Waals surface area contributed by atoms with Gasteiger partial charge in [-0.25, -0.2) is 0 Å². The summed E-state index contributed by atoms with van der Waals surface area (Å²) in [4.78, 5) is 2.36. The second kappa shape index (κ2) is 11.8. The molecule has 2 unspecified atom stereocenters. The monoisotopic (exact) mass is 699 g/mol. The van der Waals surface area contributed by atoms with Crippen molar-refractivity contribution in [3.63, 3.8) is 0 Å². The van der Waals surface area contributed by atoms with Gasteiger partial charge in [-0.15, -0.1) is 0 Å². The van der Waals surface area contributed by atoms with Crippen LogP contribution in [0.15, 0.2) is 122 Å². The van der Waals surface area contributed by atoms with Gasteiger partial charge in [0, 0.05) is 0 Å². The molecule has 0 saturated heterocycles. The van der Waals surface area contributed by atoms with Crippen molar-refractivity contribution in [1.29, 1.82) is 0 Å². The molecule has 0 spiro atoms. The van der Waals surface area contributed by atoms with Crippen LogP contribution in [0.5, 0.6) is 0 Å². The minimum absolute atomic E-state index is 0. The fourth-order valence-electron chi connectivity index (χ4n) is 6.56. The third-order valence-corrected chi connectivity index (χ3v) is 12.5. The number of benzene rings is 5. The number of hydrogen-bond acceptors (Lipinski definition) is 1. The quantitative estimate of drug-likeness (QED) is 0.266. The molecule has 0 saturated carbocycles. The second-order valence-electron chi connectivity index (χ2n) is 10.5. The molecule has 0 aromatic heterocycles. The molecule has 0 amide bonds. The molecule has 42 heavy (non-hydrogen) atoms. The van der Waals surface area contributed by atoms with Crippen molar-refractivity contribution in [2.24, 2.45) is 0 Å². The van der Waals surface area contributed by atoms with E-state index in [9.17, 15) is 0 Å². The Morgan fingerprint density at radius 2 is 1.12 bits per heavy atom. The molecule has 0 radical (unpaired) electrons. The molecule has 0 N–H and O–H groups in total. The number of fused-ring (bicyclic) bond motifs is 3. The Kier molecular flexibility index (Phi) is 8.31. The van der Waals surface area contributed by atoms with Crippen LogP contribution in [0.25, 0.3) is 12.2 Å². The van der Waals surface area contributed by atoms with Crippen molar-refractivity contribution >= 4 is 52.4 Å². The third kappa shape index (κ3) is 4.73. The zero-order valence-corrected chi connectivity index (χ0v) is 27.7. The van der Waals surface area contributed by atoms with E-state index in [-0.39, 0.29) is 36.6 Å². The van der Waals surface area contributed by atoms with Crippen LogP contribution >= 0.6 is 23.2 Å². The summed E-state index contributed by atoms with van der Waals surface area (Å²) in [5, 5.41) is 1.70. The standard InChI is InChI=1S/C21H13ClN.C15H10Cl.2ClH.Zr/c22-19-12-13-20-18-11-10-17(21(18)19)14-6-8-16(9-7-14)23(20)15-4-2-1-3-5-15;16-14-8-4-7-12-9-10-13(15(12)14)11-5-2-1-3-6-11;;;/h1-9,11-13,17H;1-9,13H;2*1H;/q;;;;+2/p-2. The predicted octanol–water partition coefficient (Wildman–Crippen LogP) is 4.54. The number of halogens is 4. The minimum atomic E-state index is -1.25. The molecule has 2 atom stereocenters. The molecule has 2 aliphatic heterocycles. The molecule has 0 fully saturated rings. The molecule has 1 nitrogen and oxygen atoms in total. The van der Waals surface area contributed by atoms with Crippen molar-refractivity contribution in [3.05, 3.63) is 165 Å². The van der Waals surface area contributed by atoms with E-state index in [1.165, 1.54) is 45.6 Å². The first kappa shape index (κ1) is 29.5. The van der Waals surface area contributed by atoms with Crippen LogP contribution in [-0.2, 0) is 23.2 Å². The molecule has 9 rings (SSSR count). The third-order valence-electron chi connectivity index (χ3n) is 8.27. The number of allylic oxidation sites excluding steroid dienone is 2. The van der Waals surface area contributed by atoms with Gasteiger partial charge in [0.25, 0.3) is 0 Å². The van der Waals surface area contributed by atoms with Gasteiger partial charge < -0.3 is 24.8 Å². The molecule has 6 heteroatoms. The van der Waals surface area contributed by atoms with E-state index in [1.54, 1.807) is 0 Å². The average molecular weight is 703 g/mol. The number of hydrogen-bond donors (Lipinski definition) is 0. The first-order valence-electron chi connectivity index (χ1n) is 13.5. The Labute approximate surface area is 280 Å². The van der Waals surface area contributed by atoms with E-state index < -0.39 is 23.2 Å². The first-order valence-corrected chi connectivity index (χ1v) is 16.7. The van der Waals surface area contributed by atoms with E-state index in [2.05, 4.69) is 126 Å². The summed E-state index contributed by atoms with van der Waals surface area (Å²) >= 11 is 12.7. The minimum Gasteiger partial charge on any atom is -1.00 e. The SMILES string of the molecule is Clc1cccc2c1C(c1ccccc1)[C]([Zr+2][C]1=Cc3c4ccc(Cl)c3C1c1ccc(cc1)N4c1ccccc1)=C2.[Cl-].[Cl-]. The van der Waals surface area contributed by atoms with E-state index in [0.29, 0.717) is 0 Å². The molecular weight excluding hydrogens is 679 g/mol. The van der Waals surface area contributed by atoms with Crippen molar-refractivity contribution in [3.8, 4) is 0 Å². The topological polar surface area (TPSA) is 3.24 Å². The van der Waals surface area contributed by atoms with Crippen molar-refractivity contribution < 1.29 is 48.0 Å². The van der Waals surface area contributed by atoms with Gasteiger partial charge in [-0.1, -0.05) is 0 Å². The Balaban J connectivity index is 0.00000158. The van der Waals surface area contributed by atoms with Crippen LogP contribution < -0.4 is 29.7 Å². The summed E-state index contributed by atoms with van der Waals surface area (Å²) in [6.45, 7) is 0. The Hall–Kier alpha value is -2.58. The average Bonchev–Trinajstić information content (AvgIpc) is 3.57. The molecular formula is C36H23Cl4NZr. The van der Waals surface area contributed by atoms with Crippen molar-refractivity contribution in [2.75, 3.05) is 4.90 Å². The normalized spacial score (nSPS) is 17.0. The zero-order chi connectivity index (χ0) is 26.8. The van der Waals surface area contributed by atoms with Gasteiger partial charge in [-0.05, 0) is 0 Å². The van der Waals surface area contributed by atoms with E-state index >= 15 is 0 Å². The molecule has 6 bridgehead atoms. The summed E-state index contributed by atoms with van der Waals surface area (Å²) in [5.41, 5.74) is 11.1. The van der Waals surface area contributed by atoms with Gasteiger partial charge in [-0.2, -0.15) is 0 Å². The van der Waals surface area contributed by atoms with Crippen LogP contribution in [0.2, 0.25) is 10.0 Å². The van der Waals surface area contributed by atoms with Crippen LogP contribution in [0.3, 0.4) is 0 Å². The summed E-state index contributed by atoms with van der Waals surface area (Å²) in [7, 11) is 0. The Bertz CT molecular complexity index is 1850. The number of para-hydroxylation sites is 1. The largest absolute Gasteiger partial charge is 1.00 e. The first-order chi connectivity index (χ1) is 19.7. The second-order valence-corrected chi connectivity index (χ2v) is 14.8. The summed E-state index contributed by atoms with van der Waals surface area (Å²) in [6.07, 6.45) is 4.91. The van der Waals surface area contributed by atoms with Gasteiger partial charge in [-0.3, -0.25) is 0 Å². The zero-order valence-electron chi connectivity index (χ0n) is 22.2. The van der Waals surface area contributed by atoms with Crippen LogP contribution in [0.1, 0.15) is 45.2 Å². The number of nitrogens with zero attached hydrogens (tertiary/aromatic N) is 1. The van der Waals surface area contributed by atoms with Crippen molar-refractivity contribution in [1.82, 2.24) is 0 Å². The summed E-state index contributed by atoms with van der Waals surface area (Å²) in [5.74, 6) is 0.378. The van der Waals surface area contributed by atoms with Crippen LogP contribution in [0.4, 0.5) is 17.1 Å². The maximum absolute atomic E-state index is 7.05. The van der Waals surface area contributed by atoms with Gasteiger partial charge >= 0.3 is 258 Å². The van der Waals surface area contributed by atoms with E-state index in [0.717, 1.165) is 21.4 Å². The predicted molar refractivity (Wildman–Crippen MR) is 164 cm³/mol. The van der Waals surface area contributed by atoms with Crippen molar-refractivity contribution in [2.45, 2.75) is 11.8 Å². The summed E-state index contributed by atoms with van der Waals surface area (Å²) < 4.78 is 3.07. The van der Waals surface area contributed by atoms with Gasteiger partial charge in [0.1, 0.15) is 0 Å². The molecule has 5 aromatic rings. The molecule has 4 aliphatic rings. The maximum Gasteiger partial charge on any atom is -1.00 e. The number of anilines is 3. The summed E-state index contributed by atoms with van der Waals surface area (Å²) in [6, 6.07) is 41.2. The van der Waals surface area contributed by atoms with E-state index in [4.69, 9.17) is 23.2 Å². The maximum atomic E-state index is 7.05. The molecule has 2 aliphatic carbocycles. The van der Waals surface area contributed by atoms with Crippen LogP contribution in [0, 0.1) is 0 Å². The smallest absolute Gasteiger partial charge is 1.00 e. The van der Waals surface area contributed by atoms with Gasteiger partial charge in [0.15, 0.2) is 0 Å². The molecule has 204 valence electrons. The fraction of sp³-hybridized carbons (Fsp3) is 0.0556. The Morgan fingerprint density at radius 3 is 1.86 bits per heavy atom.